The molecular formula is C18H33FN2O5S. The summed E-state index contributed by atoms with van der Waals surface area (Å²) in [4.78, 5) is 12.7. The Hall–Kier alpha value is -0.450. The average Bonchev–Trinajstić information content (AvgIpc) is 3.00. The quantitative estimate of drug-likeness (QED) is 0.408. The van der Waals surface area contributed by atoms with Gasteiger partial charge in [0, 0.05) is 13.0 Å². The molecule has 5 N–H and O–H groups in total. The highest BCUT2D eigenvalue weighted by atomic mass is 32.2. The minimum Gasteiger partial charge on any atom is -0.388 e. The van der Waals surface area contributed by atoms with Crippen LogP contribution in [0.5, 0.6) is 0 Å². The summed E-state index contributed by atoms with van der Waals surface area (Å²) in [6.45, 7) is 5.79. The molecule has 0 aromatic rings. The monoisotopic (exact) mass is 408 g/mol. The SMILES string of the molecule is CCCC1(F)CNC(C(=O)NC(C(C)C)C2OC(SC)C(O)C(O)C2O)C1. The van der Waals surface area contributed by atoms with Crippen LogP contribution in [0.15, 0.2) is 0 Å². The molecule has 0 bridgehead atoms. The highest BCUT2D eigenvalue weighted by Gasteiger charge is 2.48. The number of ether oxygens (including phenoxy) is 1. The number of aliphatic hydroxyl groups excluding tert-OH is 3. The first-order valence-electron chi connectivity index (χ1n) is 9.58. The van der Waals surface area contributed by atoms with E-state index >= 15 is 0 Å². The summed E-state index contributed by atoms with van der Waals surface area (Å²) >= 11 is 1.22. The molecule has 1 amide bonds. The van der Waals surface area contributed by atoms with Crippen LogP contribution in [-0.4, -0.2) is 81.6 Å². The fourth-order valence-electron chi connectivity index (χ4n) is 3.90. The summed E-state index contributed by atoms with van der Waals surface area (Å²) < 4.78 is 20.4. The first kappa shape index (κ1) is 22.8. The second-order valence-electron chi connectivity index (χ2n) is 7.99. The van der Waals surface area contributed by atoms with Crippen LogP contribution in [0.4, 0.5) is 4.39 Å². The van der Waals surface area contributed by atoms with Crippen LogP contribution in [-0.2, 0) is 9.53 Å². The minimum absolute atomic E-state index is 0.106. The predicted molar refractivity (Wildman–Crippen MR) is 102 cm³/mol. The molecule has 8 atom stereocenters. The normalized spacial score (nSPS) is 40.9. The second-order valence-corrected chi connectivity index (χ2v) is 8.93. The minimum atomic E-state index is -1.38. The fourth-order valence-corrected chi connectivity index (χ4v) is 4.58. The molecule has 0 radical (unpaired) electrons. The van der Waals surface area contributed by atoms with Crippen LogP contribution in [0, 0.1) is 5.92 Å². The van der Waals surface area contributed by atoms with Crippen molar-refractivity contribution >= 4 is 17.7 Å². The summed E-state index contributed by atoms with van der Waals surface area (Å²) in [6.07, 6.45) is -1.85. The van der Waals surface area contributed by atoms with Crippen LogP contribution in [0.1, 0.15) is 40.0 Å². The lowest BCUT2D eigenvalue weighted by atomic mass is 9.88. The van der Waals surface area contributed by atoms with Crippen LogP contribution < -0.4 is 10.6 Å². The number of alkyl halides is 1. The fraction of sp³-hybridized carbons (Fsp3) is 0.944. The van der Waals surface area contributed by atoms with Gasteiger partial charge in [0.2, 0.25) is 5.91 Å². The number of thioether (sulfide) groups is 1. The maximum atomic E-state index is 14.7. The third kappa shape index (κ3) is 5.13. The van der Waals surface area contributed by atoms with Gasteiger partial charge in [0.15, 0.2) is 0 Å². The Morgan fingerprint density at radius 1 is 1.33 bits per heavy atom. The summed E-state index contributed by atoms with van der Waals surface area (Å²) in [5.74, 6) is -0.452. The van der Waals surface area contributed by atoms with E-state index in [2.05, 4.69) is 10.6 Å². The molecule has 0 aromatic heterocycles. The number of halogens is 1. The van der Waals surface area contributed by atoms with Crippen LogP contribution in [0.2, 0.25) is 0 Å². The molecule has 2 aliphatic heterocycles. The first-order valence-corrected chi connectivity index (χ1v) is 10.9. The van der Waals surface area contributed by atoms with E-state index in [0.29, 0.717) is 12.8 Å². The Balaban J connectivity index is 2.08. The van der Waals surface area contributed by atoms with E-state index < -0.39 is 47.6 Å². The number of aliphatic hydroxyl groups is 3. The van der Waals surface area contributed by atoms with Crippen LogP contribution in [0.25, 0.3) is 0 Å². The average molecular weight is 409 g/mol. The molecule has 0 saturated carbocycles. The van der Waals surface area contributed by atoms with Crippen molar-refractivity contribution in [3.8, 4) is 0 Å². The Morgan fingerprint density at radius 2 is 2.00 bits per heavy atom. The molecule has 7 nitrogen and oxygen atoms in total. The summed E-state index contributed by atoms with van der Waals surface area (Å²) in [5.41, 5.74) is -2.09. The van der Waals surface area contributed by atoms with E-state index in [9.17, 15) is 24.5 Å². The van der Waals surface area contributed by atoms with Crippen LogP contribution in [0.3, 0.4) is 0 Å². The van der Waals surface area contributed by atoms with Crippen molar-refractivity contribution < 1.29 is 29.2 Å². The van der Waals surface area contributed by atoms with E-state index in [4.69, 9.17) is 4.74 Å². The number of hydrogen-bond acceptors (Lipinski definition) is 7. The molecule has 2 aliphatic rings. The Kier molecular flexibility index (Phi) is 7.92. The predicted octanol–water partition coefficient (Wildman–Crippen LogP) is 0.168. The van der Waals surface area contributed by atoms with Crippen molar-refractivity contribution in [2.75, 3.05) is 12.8 Å². The lowest BCUT2D eigenvalue weighted by Gasteiger charge is -2.44. The number of carbonyl (C=O) groups is 1. The van der Waals surface area contributed by atoms with Crippen molar-refractivity contribution in [3.63, 3.8) is 0 Å². The van der Waals surface area contributed by atoms with E-state index in [1.54, 1.807) is 6.26 Å². The number of hydrogen-bond donors (Lipinski definition) is 5. The number of nitrogens with one attached hydrogen (secondary N) is 2. The van der Waals surface area contributed by atoms with Gasteiger partial charge in [-0.1, -0.05) is 27.2 Å². The van der Waals surface area contributed by atoms with Gasteiger partial charge < -0.3 is 30.7 Å². The van der Waals surface area contributed by atoms with Crippen molar-refractivity contribution in [2.24, 2.45) is 5.92 Å². The van der Waals surface area contributed by atoms with Crippen molar-refractivity contribution in [1.82, 2.24) is 10.6 Å². The third-order valence-electron chi connectivity index (χ3n) is 5.47. The molecule has 2 heterocycles. The molecule has 9 heteroatoms. The zero-order valence-corrected chi connectivity index (χ0v) is 17.2. The van der Waals surface area contributed by atoms with Crippen molar-refractivity contribution in [2.45, 2.75) is 87.6 Å². The maximum Gasteiger partial charge on any atom is 0.237 e. The van der Waals surface area contributed by atoms with E-state index in [1.807, 2.05) is 20.8 Å². The molecule has 2 rings (SSSR count). The van der Waals surface area contributed by atoms with Gasteiger partial charge in [-0.15, -0.1) is 11.8 Å². The third-order valence-corrected chi connectivity index (χ3v) is 6.32. The highest BCUT2D eigenvalue weighted by Crippen LogP contribution is 2.32. The topological polar surface area (TPSA) is 111 Å². The van der Waals surface area contributed by atoms with Crippen molar-refractivity contribution in [1.29, 1.82) is 0 Å². The molecule has 0 spiro atoms. The van der Waals surface area contributed by atoms with E-state index in [0.717, 1.165) is 0 Å². The zero-order chi connectivity index (χ0) is 20.4. The van der Waals surface area contributed by atoms with Crippen molar-refractivity contribution in [3.05, 3.63) is 0 Å². The smallest absolute Gasteiger partial charge is 0.237 e. The largest absolute Gasteiger partial charge is 0.388 e. The van der Waals surface area contributed by atoms with Gasteiger partial charge in [0.25, 0.3) is 0 Å². The lowest BCUT2D eigenvalue weighted by molar-refractivity contribution is -0.208. The van der Waals surface area contributed by atoms with E-state index in [-0.39, 0.29) is 24.8 Å². The molecule has 27 heavy (non-hydrogen) atoms. The first-order chi connectivity index (χ1) is 12.6. The molecule has 0 aromatic carbocycles. The Morgan fingerprint density at radius 3 is 2.56 bits per heavy atom. The number of carbonyl (C=O) groups excluding carboxylic acids is 1. The van der Waals surface area contributed by atoms with Gasteiger partial charge in [-0.25, -0.2) is 4.39 Å². The molecule has 2 fully saturated rings. The van der Waals surface area contributed by atoms with E-state index in [1.165, 1.54) is 11.8 Å². The second kappa shape index (κ2) is 9.37. The van der Waals surface area contributed by atoms with Gasteiger partial charge in [-0.05, 0) is 18.6 Å². The summed E-state index contributed by atoms with van der Waals surface area (Å²) in [6, 6.07) is -1.23. The maximum absolute atomic E-state index is 14.7. The standard InChI is InChI=1S/C18H33FN2O5S/c1-5-6-18(19)7-10(20-8-18)16(25)21-11(9(2)3)15-13(23)12(22)14(24)17(26-15)27-4/h9-15,17,20,22-24H,5-8H2,1-4H3,(H,21,25). The molecule has 8 unspecified atom stereocenters. The lowest BCUT2D eigenvalue weighted by Crippen LogP contribution is -2.64. The van der Waals surface area contributed by atoms with Crippen LogP contribution >= 0.6 is 11.8 Å². The zero-order valence-electron chi connectivity index (χ0n) is 16.4. The number of rotatable bonds is 7. The number of amides is 1. The van der Waals surface area contributed by atoms with Gasteiger partial charge in [0.05, 0.1) is 12.1 Å². The Bertz CT molecular complexity index is 512. The van der Waals surface area contributed by atoms with Gasteiger partial charge in [-0.3, -0.25) is 4.79 Å². The summed E-state index contributed by atoms with van der Waals surface area (Å²) in [7, 11) is 0. The molecule has 2 saturated heterocycles. The molecule has 158 valence electrons. The van der Waals surface area contributed by atoms with Gasteiger partial charge in [0.1, 0.15) is 35.5 Å². The molecule has 0 aliphatic carbocycles. The summed E-state index contributed by atoms with van der Waals surface area (Å²) in [5, 5.41) is 36.4. The van der Waals surface area contributed by atoms with Gasteiger partial charge >= 0.3 is 0 Å². The van der Waals surface area contributed by atoms with Gasteiger partial charge in [-0.2, -0.15) is 0 Å². The Labute approximate surface area is 164 Å². The molecular weight excluding hydrogens is 375 g/mol. The highest BCUT2D eigenvalue weighted by molar-refractivity contribution is 7.99.